The Labute approximate surface area is 158 Å². The molecule has 8 heteroatoms. The number of rotatable bonds is 6. The molecule has 0 saturated heterocycles. The van der Waals surface area contributed by atoms with Gasteiger partial charge in [-0.3, -0.25) is 14.2 Å². The number of nitrogens with zero attached hydrogens (tertiary/aromatic N) is 1. The highest BCUT2D eigenvalue weighted by Gasteiger charge is 2.08. The van der Waals surface area contributed by atoms with Crippen molar-refractivity contribution in [3.05, 3.63) is 61.4 Å². The maximum atomic E-state index is 12.4. The molecule has 3 rings (SSSR count). The molecule has 130 valence electrons. The Kier molecular flexibility index (Phi) is 5.67. The van der Waals surface area contributed by atoms with E-state index in [0.717, 1.165) is 11.1 Å². The predicted octanol–water partition coefficient (Wildman–Crippen LogP) is 3.87. The fraction of sp³-hybridized carbons (Fsp3) is 0.235. The Morgan fingerprint density at radius 2 is 2.12 bits per heavy atom. The van der Waals surface area contributed by atoms with Crippen molar-refractivity contribution in [2.45, 2.75) is 25.9 Å². The van der Waals surface area contributed by atoms with E-state index in [-0.39, 0.29) is 11.5 Å². The van der Waals surface area contributed by atoms with E-state index in [1.165, 1.54) is 15.9 Å². The van der Waals surface area contributed by atoms with E-state index >= 15 is 0 Å². The molecule has 0 spiro atoms. The number of hydrogen-bond acceptors (Lipinski definition) is 4. The minimum atomic E-state index is -0.106. The SMILES string of the molecule is O=C(CCCn1c(=S)[nH]c2ccsc2c1=O)NCc1ccccc1Cl. The van der Waals surface area contributed by atoms with Gasteiger partial charge in [-0.1, -0.05) is 29.8 Å². The predicted molar refractivity (Wildman–Crippen MR) is 104 cm³/mol. The van der Waals surface area contributed by atoms with Crippen molar-refractivity contribution >= 4 is 51.3 Å². The van der Waals surface area contributed by atoms with Crippen molar-refractivity contribution < 1.29 is 4.79 Å². The van der Waals surface area contributed by atoms with Crippen molar-refractivity contribution in [2.24, 2.45) is 0 Å². The van der Waals surface area contributed by atoms with Crippen LogP contribution in [0.2, 0.25) is 5.02 Å². The lowest BCUT2D eigenvalue weighted by Crippen LogP contribution is -2.25. The van der Waals surface area contributed by atoms with E-state index in [4.69, 9.17) is 23.8 Å². The Hall–Kier alpha value is -1.96. The number of carbonyl (C=O) groups excluding carboxylic acids is 1. The zero-order valence-corrected chi connectivity index (χ0v) is 15.6. The van der Waals surface area contributed by atoms with Crippen molar-refractivity contribution in [3.63, 3.8) is 0 Å². The smallest absolute Gasteiger partial charge is 0.272 e. The summed E-state index contributed by atoms with van der Waals surface area (Å²) < 4.78 is 2.54. The van der Waals surface area contributed by atoms with Gasteiger partial charge in [0.15, 0.2) is 4.77 Å². The van der Waals surface area contributed by atoms with Gasteiger partial charge >= 0.3 is 0 Å². The lowest BCUT2D eigenvalue weighted by molar-refractivity contribution is -0.121. The third-order valence-corrected chi connectivity index (χ3v) is 5.40. The third-order valence-electron chi connectivity index (χ3n) is 3.81. The first-order valence-corrected chi connectivity index (χ1v) is 9.43. The molecule has 0 bridgehead atoms. The summed E-state index contributed by atoms with van der Waals surface area (Å²) in [7, 11) is 0. The Bertz CT molecular complexity index is 1020. The first kappa shape index (κ1) is 17.8. The lowest BCUT2D eigenvalue weighted by Gasteiger charge is -2.08. The molecule has 3 aromatic rings. The Morgan fingerprint density at radius 1 is 1.32 bits per heavy atom. The van der Waals surface area contributed by atoms with Gasteiger partial charge in [0.2, 0.25) is 5.91 Å². The van der Waals surface area contributed by atoms with Gasteiger partial charge in [0.1, 0.15) is 4.70 Å². The van der Waals surface area contributed by atoms with E-state index in [2.05, 4.69) is 10.3 Å². The summed E-state index contributed by atoms with van der Waals surface area (Å²) >= 11 is 12.7. The van der Waals surface area contributed by atoms with E-state index in [1.54, 1.807) is 6.07 Å². The molecule has 0 aliphatic rings. The van der Waals surface area contributed by atoms with Crippen molar-refractivity contribution in [1.29, 1.82) is 0 Å². The molecule has 0 aliphatic carbocycles. The fourth-order valence-electron chi connectivity index (χ4n) is 2.50. The zero-order valence-electron chi connectivity index (χ0n) is 13.3. The summed E-state index contributed by atoms with van der Waals surface area (Å²) in [5.41, 5.74) is 1.53. The molecule has 1 amide bonds. The first-order chi connectivity index (χ1) is 12.1. The van der Waals surface area contributed by atoms with Crippen LogP contribution >= 0.6 is 35.2 Å². The standard InChI is InChI=1S/C17H16ClN3O2S2/c18-12-5-2-1-4-11(12)10-19-14(22)6-3-8-21-16(23)15-13(7-9-25-15)20-17(21)24/h1-2,4-5,7,9H,3,6,8,10H2,(H,19,22)(H,20,24). The normalized spacial score (nSPS) is 10.9. The van der Waals surface area contributed by atoms with Crippen molar-refractivity contribution in [1.82, 2.24) is 14.9 Å². The number of aromatic amines is 1. The topological polar surface area (TPSA) is 66.9 Å². The molecule has 0 saturated carbocycles. The maximum Gasteiger partial charge on any atom is 0.272 e. The van der Waals surface area contributed by atoms with Gasteiger partial charge in [0.05, 0.1) is 5.52 Å². The van der Waals surface area contributed by atoms with Crippen LogP contribution in [0.5, 0.6) is 0 Å². The van der Waals surface area contributed by atoms with Crippen LogP contribution in [0.3, 0.4) is 0 Å². The number of thiophene rings is 1. The number of nitrogens with one attached hydrogen (secondary N) is 2. The van der Waals surface area contributed by atoms with Crippen LogP contribution in [0.15, 0.2) is 40.5 Å². The van der Waals surface area contributed by atoms with Crippen LogP contribution in [-0.4, -0.2) is 15.5 Å². The van der Waals surface area contributed by atoms with Gasteiger partial charge in [-0.2, -0.15) is 0 Å². The minimum absolute atomic E-state index is 0.0833. The lowest BCUT2D eigenvalue weighted by atomic mass is 10.2. The average Bonchev–Trinajstić information content (AvgIpc) is 3.05. The summed E-state index contributed by atoms with van der Waals surface area (Å²) in [6.45, 7) is 0.793. The number of H-pyrrole nitrogens is 1. The van der Waals surface area contributed by atoms with Gasteiger partial charge in [-0.25, -0.2) is 0 Å². The number of amides is 1. The molecule has 0 unspecified atom stereocenters. The molecular weight excluding hydrogens is 378 g/mol. The number of fused-ring (bicyclic) bond motifs is 1. The van der Waals surface area contributed by atoms with E-state index < -0.39 is 0 Å². The van der Waals surface area contributed by atoms with Crippen LogP contribution in [0.25, 0.3) is 10.2 Å². The van der Waals surface area contributed by atoms with Crippen LogP contribution < -0.4 is 10.9 Å². The molecule has 5 nitrogen and oxygen atoms in total. The molecule has 2 N–H and O–H groups in total. The summed E-state index contributed by atoms with van der Waals surface area (Å²) in [4.78, 5) is 27.4. The fourth-order valence-corrected chi connectivity index (χ4v) is 3.78. The Morgan fingerprint density at radius 3 is 2.92 bits per heavy atom. The maximum absolute atomic E-state index is 12.4. The van der Waals surface area contributed by atoms with Crippen LogP contribution in [0.1, 0.15) is 18.4 Å². The molecule has 0 fully saturated rings. The summed E-state index contributed by atoms with van der Waals surface area (Å²) in [5.74, 6) is -0.0833. The number of hydrogen-bond donors (Lipinski definition) is 2. The highest BCUT2D eigenvalue weighted by molar-refractivity contribution is 7.71. The first-order valence-electron chi connectivity index (χ1n) is 7.76. The third kappa shape index (κ3) is 4.18. The van der Waals surface area contributed by atoms with Gasteiger partial charge < -0.3 is 10.3 Å². The van der Waals surface area contributed by atoms with Crippen LogP contribution in [-0.2, 0) is 17.9 Å². The summed E-state index contributed by atoms with van der Waals surface area (Å²) in [6, 6.07) is 9.22. The Balaban J connectivity index is 1.56. The van der Waals surface area contributed by atoms with Gasteiger partial charge in [0, 0.05) is 24.5 Å². The number of benzene rings is 1. The monoisotopic (exact) mass is 393 g/mol. The molecule has 1 aromatic carbocycles. The molecule has 0 radical (unpaired) electrons. The second-order valence-corrected chi connectivity index (χ2v) is 7.23. The molecular formula is C17H16ClN3O2S2. The summed E-state index contributed by atoms with van der Waals surface area (Å²) in [6.07, 6.45) is 0.844. The highest BCUT2D eigenvalue weighted by Crippen LogP contribution is 2.15. The second kappa shape index (κ2) is 7.95. The largest absolute Gasteiger partial charge is 0.352 e. The van der Waals surface area contributed by atoms with Gasteiger partial charge in [-0.05, 0) is 41.7 Å². The van der Waals surface area contributed by atoms with Crippen molar-refractivity contribution in [3.8, 4) is 0 Å². The molecule has 25 heavy (non-hydrogen) atoms. The van der Waals surface area contributed by atoms with Crippen molar-refractivity contribution in [2.75, 3.05) is 0 Å². The zero-order chi connectivity index (χ0) is 17.8. The molecule has 0 atom stereocenters. The minimum Gasteiger partial charge on any atom is -0.352 e. The quantitative estimate of drug-likeness (QED) is 0.625. The number of halogens is 1. The van der Waals surface area contributed by atoms with Gasteiger partial charge in [-0.15, -0.1) is 11.3 Å². The second-order valence-electron chi connectivity index (χ2n) is 5.52. The number of aromatic nitrogens is 2. The number of carbonyl (C=O) groups is 1. The van der Waals surface area contributed by atoms with Gasteiger partial charge in [0.25, 0.3) is 5.56 Å². The molecule has 2 heterocycles. The summed E-state index contributed by atoms with van der Waals surface area (Å²) in [5, 5.41) is 5.32. The highest BCUT2D eigenvalue weighted by atomic mass is 35.5. The molecule has 2 aromatic heterocycles. The van der Waals surface area contributed by atoms with E-state index in [0.29, 0.717) is 40.4 Å². The van der Waals surface area contributed by atoms with Crippen LogP contribution in [0.4, 0.5) is 0 Å². The molecule has 0 aliphatic heterocycles. The van der Waals surface area contributed by atoms with E-state index in [1.807, 2.05) is 29.6 Å². The van der Waals surface area contributed by atoms with Crippen LogP contribution in [0, 0.1) is 4.77 Å². The van der Waals surface area contributed by atoms with E-state index in [9.17, 15) is 9.59 Å². The average molecular weight is 394 g/mol.